The van der Waals surface area contributed by atoms with Crippen LogP contribution in [0.2, 0.25) is 0 Å². The monoisotopic (exact) mass is 158 g/mol. The summed E-state index contributed by atoms with van der Waals surface area (Å²) in [5.41, 5.74) is 0.270. The molecule has 1 aliphatic heterocycles. The van der Waals surface area contributed by atoms with E-state index < -0.39 is 0 Å². The van der Waals surface area contributed by atoms with Gasteiger partial charge in [-0.3, -0.25) is 0 Å². The highest BCUT2D eigenvalue weighted by Crippen LogP contribution is 2.24. The third kappa shape index (κ3) is 2.80. The molecule has 0 aromatic heterocycles. The lowest BCUT2D eigenvalue weighted by molar-refractivity contribution is -0.208. The Morgan fingerprint density at radius 1 is 1.36 bits per heavy atom. The van der Waals surface area contributed by atoms with E-state index in [1.54, 1.807) is 0 Å². The zero-order valence-electron chi connectivity index (χ0n) is 7.94. The number of ether oxygens (including phenoxy) is 2. The van der Waals surface area contributed by atoms with Gasteiger partial charge in [0.05, 0.1) is 19.8 Å². The molecule has 0 unspecified atom stereocenters. The number of hydrogen-bond acceptors (Lipinski definition) is 2. The van der Waals surface area contributed by atoms with E-state index in [-0.39, 0.29) is 11.0 Å². The van der Waals surface area contributed by atoms with Crippen molar-refractivity contribution in [3.8, 4) is 0 Å². The molecule has 0 amide bonds. The molecule has 0 aromatic carbocycles. The molecule has 1 heterocycles. The molecule has 1 rings (SSSR count). The Morgan fingerprint density at radius 3 is 2.18 bits per heavy atom. The first kappa shape index (κ1) is 9.01. The van der Waals surface area contributed by atoms with Gasteiger partial charge in [0, 0.05) is 0 Å². The van der Waals surface area contributed by atoms with Gasteiger partial charge in [-0.25, -0.2) is 0 Å². The van der Waals surface area contributed by atoms with E-state index in [1.807, 2.05) is 0 Å². The van der Waals surface area contributed by atoms with Crippen LogP contribution in [0.4, 0.5) is 0 Å². The average molecular weight is 158 g/mol. The van der Waals surface area contributed by atoms with E-state index in [1.165, 1.54) is 0 Å². The van der Waals surface area contributed by atoms with Crippen molar-refractivity contribution in [1.29, 1.82) is 0 Å². The lowest BCUT2D eigenvalue weighted by Crippen LogP contribution is -2.50. The van der Waals surface area contributed by atoms with Crippen LogP contribution in [0, 0.1) is 5.41 Å². The van der Waals surface area contributed by atoms with Crippen molar-refractivity contribution in [3.63, 3.8) is 0 Å². The summed E-state index contributed by atoms with van der Waals surface area (Å²) in [6.45, 7) is 10.9. The van der Waals surface area contributed by atoms with E-state index in [0.717, 1.165) is 19.8 Å². The molecule has 0 spiro atoms. The summed E-state index contributed by atoms with van der Waals surface area (Å²) >= 11 is 0. The molecule has 2 heteroatoms. The lowest BCUT2D eigenvalue weighted by Gasteiger charge is -2.39. The van der Waals surface area contributed by atoms with Crippen molar-refractivity contribution in [3.05, 3.63) is 0 Å². The second kappa shape index (κ2) is 2.76. The predicted molar refractivity (Wildman–Crippen MR) is 44.6 cm³/mol. The van der Waals surface area contributed by atoms with Gasteiger partial charge in [0.25, 0.3) is 0 Å². The van der Waals surface area contributed by atoms with Crippen molar-refractivity contribution in [2.75, 3.05) is 19.8 Å². The van der Waals surface area contributed by atoms with Crippen LogP contribution in [0.25, 0.3) is 0 Å². The van der Waals surface area contributed by atoms with Gasteiger partial charge in [-0.2, -0.15) is 0 Å². The van der Waals surface area contributed by atoms with Crippen molar-refractivity contribution in [2.24, 2.45) is 5.41 Å². The fourth-order valence-corrected chi connectivity index (χ4v) is 0.864. The van der Waals surface area contributed by atoms with Crippen molar-refractivity contribution < 1.29 is 9.47 Å². The van der Waals surface area contributed by atoms with Crippen LogP contribution < -0.4 is 0 Å². The molecule has 66 valence electrons. The standard InChI is InChI=1S/C9H18O2/c1-8(2,3)5-11-9(4)6-10-7-9/h5-7H2,1-4H3. The largest absolute Gasteiger partial charge is 0.375 e. The van der Waals surface area contributed by atoms with Crippen molar-refractivity contribution in [1.82, 2.24) is 0 Å². The van der Waals surface area contributed by atoms with Crippen LogP contribution in [0.3, 0.4) is 0 Å². The minimum atomic E-state index is 0.00722. The van der Waals surface area contributed by atoms with Gasteiger partial charge < -0.3 is 9.47 Å². The minimum absolute atomic E-state index is 0.00722. The average Bonchev–Trinajstić information content (AvgIpc) is 1.77. The van der Waals surface area contributed by atoms with E-state index in [9.17, 15) is 0 Å². The van der Waals surface area contributed by atoms with E-state index in [2.05, 4.69) is 27.7 Å². The molecule has 0 aliphatic carbocycles. The summed E-state index contributed by atoms with van der Waals surface area (Å²) in [5, 5.41) is 0. The van der Waals surface area contributed by atoms with Gasteiger partial charge in [-0.15, -0.1) is 0 Å². The van der Waals surface area contributed by atoms with Crippen LogP contribution in [0.5, 0.6) is 0 Å². The highest BCUT2D eigenvalue weighted by molar-refractivity contribution is 4.82. The highest BCUT2D eigenvalue weighted by Gasteiger charge is 2.35. The minimum Gasteiger partial charge on any atom is -0.375 e. The molecule has 1 saturated heterocycles. The Balaban J connectivity index is 2.21. The molecule has 0 saturated carbocycles. The molecule has 0 bridgehead atoms. The second-order valence-electron chi connectivity index (χ2n) is 4.79. The third-order valence-corrected chi connectivity index (χ3v) is 1.67. The summed E-state index contributed by atoms with van der Waals surface area (Å²) in [7, 11) is 0. The maximum absolute atomic E-state index is 5.70. The molecule has 0 N–H and O–H groups in total. The van der Waals surface area contributed by atoms with Crippen LogP contribution in [-0.4, -0.2) is 25.4 Å². The summed E-state index contributed by atoms with van der Waals surface area (Å²) in [4.78, 5) is 0. The fraction of sp³-hybridized carbons (Fsp3) is 1.00. The molecule has 0 atom stereocenters. The van der Waals surface area contributed by atoms with Gasteiger partial charge in [-0.1, -0.05) is 20.8 Å². The zero-order chi connectivity index (χ0) is 8.54. The maximum Gasteiger partial charge on any atom is 0.112 e. The molecule has 0 radical (unpaired) electrons. The van der Waals surface area contributed by atoms with Gasteiger partial charge in [-0.05, 0) is 12.3 Å². The fourth-order valence-electron chi connectivity index (χ4n) is 0.864. The molecule has 11 heavy (non-hydrogen) atoms. The Labute approximate surface area is 68.9 Å². The molecule has 1 aliphatic rings. The van der Waals surface area contributed by atoms with Crippen LogP contribution >= 0.6 is 0 Å². The van der Waals surface area contributed by atoms with E-state index in [4.69, 9.17) is 9.47 Å². The first-order chi connectivity index (χ1) is 4.91. The topological polar surface area (TPSA) is 18.5 Å². The van der Waals surface area contributed by atoms with Crippen molar-refractivity contribution >= 4 is 0 Å². The molecular weight excluding hydrogens is 140 g/mol. The summed E-state index contributed by atoms with van der Waals surface area (Å²) in [5.74, 6) is 0. The predicted octanol–water partition coefficient (Wildman–Crippen LogP) is 1.84. The highest BCUT2D eigenvalue weighted by atomic mass is 16.6. The quantitative estimate of drug-likeness (QED) is 0.610. The SMILES string of the molecule is CC(C)(C)COC1(C)COC1. The van der Waals surface area contributed by atoms with Gasteiger partial charge in [0.2, 0.25) is 0 Å². The van der Waals surface area contributed by atoms with Crippen molar-refractivity contribution in [2.45, 2.75) is 33.3 Å². The molecule has 0 aromatic rings. The van der Waals surface area contributed by atoms with Crippen LogP contribution in [0.15, 0.2) is 0 Å². The second-order valence-corrected chi connectivity index (χ2v) is 4.79. The van der Waals surface area contributed by atoms with Crippen LogP contribution in [0.1, 0.15) is 27.7 Å². The Hall–Kier alpha value is -0.0800. The third-order valence-electron chi connectivity index (χ3n) is 1.67. The summed E-state index contributed by atoms with van der Waals surface area (Å²) in [6, 6.07) is 0. The normalized spacial score (nSPS) is 22.9. The van der Waals surface area contributed by atoms with Gasteiger partial charge in [0.15, 0.2) is 0 Å². The van der Waals surface area contributed by atoms with Gasteiger partial charge in [0.1, 0.15) is 5.60 Å². The smallest absolute Gasteiger partial charge is 0.112 e. The molecule has 2 nitrogen and oxygen atoms in total. The first-order valence-corrected chi connectivity index (χ1v) is 4.13. The van der Waals surface area contributed by atoms with E-state index in [0.29, 0.717) is 0 Å². The Morgan fingerprint density at radius 2 is 1.91 bits per heavy atom. The number of hydrogen-bond donors (Lipinski definition) is 0. The van der Waals surface area contributed by atoms with Gasteiger partial charge >= 0.3 is 0 Å². The Kier molecular flexibility index (Phi) is 2.26. The maximum atomic E-state index is 5.70. The van der Waals surface area contributed by atoms with Crippen LogP contribution in [-0.2, 0) is 9.47 Å². The molecular formula is C9H18O2. The Bertz CT molecular complexity index is 131. The zero-order valence-corrected chi connectivity index (χ0v) is 7.94. The lowest BCUT2D eigenvalue weighted by atomic mass is 9.97. The first-order valence-electron chi connectivity index (χ1n) is 4.13. The number of rotatable bonds is 2. The summed E-state index contributed by atoms with van der Waals surface area (Å²) < 4.78 is 10.8. The molecule has 1 fully saturated rings. The van der Waals surface area contributed by atoms with E-state index >= 15 is 0 Å². The summed E-state index contributed by atoms with van der Waals surface area (Å²) in [6.07, 6.45) is 0.